The first-order valence-corrected chi connectivity index (χ1v) is 3.87. The summed E-state index contributed by atoms with van der Waals surface area (Å²) in [7, 11) is 0. The smallest absolute Gasteiger partial charge is 0.0909 e. The first-order valence-electron chi connectivity index (χ1n) is 3.87. The van der Waals surface area contributed by atoms with Crippen LogP contribution in [0.5, 0.6) is 0 Å². The molecule has 0 aromatic carbocycles. The van der Waals surface area contributed by atoms with Gasteiger partial charge in [-0.2, -0.15) is 0 Å². The van der Waals surface area contributed by atoms with Gasteiger partial charge in [0.2, 0.25) is 0 Å². The second kappa shape index (κ2) is 6.19. The maximum atomic E-state index is 9.07. The lowest BCUT2D eigenvalue weighted by Crippen LogP contribution is -2.12. The van der Waals surface area contributed by atoms with Gasteiger partial charge in [0.15, 0.2) is 0 Å². The van der Waals surface area contributed by atoms with E-state index in [0.717, 1.165) is 12.8 Å². The van der Waals surface area contributed by atoms with Crippen LogP contribution in [0.2, 0.25) is 0 Å². The number of unbranched alkanes of at least 4 members (excludes halogenated alkanes) is 1. The molecule has 0 aliphatic rings. The summed E-state index contributed by atoms with van der Waals surface area (Å²) >= 11 is 0. The van der Waals surface area contributed by atoms with Crippen LogP contribution in [0.15, 0.2) is 11.8 Å². The highest BCUT2D eigenvalue weighted by Gasteiger charge is 2.03. The van der Waals surface area contributed by atoms with Crippen LogP contribution in [-0.4, -0.2) is 28.0 Å². The van der Waals surface area contributed by atoms with E-state index in [9.17, 15) is 0 Å². The standard InChI is InChI=1S/C8H16O3/c1-2-3-4-7(10)5-8(11)6-9/h4,8-11H,2-3,5-6H2,1H3. The zero-order chi connectivity index (χ0) is 8.69. The molecule has 3 N–H and O–H groups in total. The van der Waals surface area contributed by atoms with Gasteiger partial charge < -0.3 is 15.3 Å². The highest BCUT2D eigenvalue weighted by molar-refractivity contribution is 4.92. The van der Waals surface area contributed by atoms with Gasteiger partial charge in [-0.3, -0.25) is 0 Å². The molecule has 0 amide bonds. The Balaban J connectivity index is 3.57. The van der Waals surface area contributed by atoms with Crippen LogP contribution in [0.1, 0.15) is 26.2 Å². The van der Waals surface area contributed by atoms with Crippen LogP contribution in [0.25, 0.3) is 0 Å². The van der Waals surface area contributed by atoms with Gasteiger partial charge in [-0.25, -0.2) is 0 Å². The van der Waals surface area contributed by atoms with Crippen LogP contribution in [-0.2, 0) is 0 Å². The summed E-state index contributed by atoms with van der Waals surface area (Å²) < 4.78 is 0. The first kappa shape index (κ1) is 10.5. The van der Waals surface area contributed by atoms with E-state index in [4.69, 9.17) is 15.3 Å². The number of hydrogen-bond acceptors (Lipinski definition) is 3. The van der Waals surface area contributed by atoms with Crippen molar-refractivity contribution in [3.8, 4) is 0 Å². The fraction of sp³-hybridized carbons (Fsp3) is 0.750. The van der Waals surface area contributed by atoms with Crippen LogP contribution in [0.3, 0.4) is 0 Å². The second-order valence-electron chi connectivity index (χ2n) is 2.52. The van der Waals surface area contributed by atoms with Crippen LogP contribution < -0.4 is 0 Å². The summed E-state index contributed by atoms with van der Waals surface area (Å²) in [5.74, 6) is 0.161. The molecule has 1 atom stereocenters. The Hall–Kier alpha value is -0.540. The Morgan fingerprint density at radius 1 is 1.55 bits per heavy atom. The number of rotatable bonds is 5. The van der Waals surface area contributed by atoms with E-state index >= 15 is 0 Å². The van der Waals surface area contributed by atoms with Crippen LogP contribution in [0.4, 0.5) is 0 Å². The molecular weight excluding hydrogens is 144 g/mol. The summed E-state index contributed by atoms with van der Waals surface area (Å²) in [5, 5.41) is 26.4. The molecule has 0 heterocycles. The molecule has 0 saturated heterocycles. The molecule has 0 fully saturated rings. The number of hydrogen-bond donors (Lipinski definition) is 3. The Morgan fingerprint density at radius 3 is 2.64 bits per heavy atom. The summed E-state index contributed by atoms with van der Waals surface area (Å²) in [6.45, 7) is 1.70. The van der Waals surface area contributed by atoms with E-state index in [1.807, 2.05) is 6.92 Å². The van der Waals surface area contributed by atoms with Crippen LogP contribution in [0, 0.1) is 0 Å². The fourth-order valence-corrected chi connectivity index (χ4v) is 0.700. The summed E-state index contributed by atoms with van der Waals surface area (Å²) in [4.78, 5) is 0. The Labute approximate surface area is 67.0 Å². The third-order valence-electron chi connectivity index (χ3n) is 1.32. The average Bonchev–Trinajstić information content (AvgIpc) is 2.00. The van der Waals surface area contributed by atoms with Crippen molar-refractivity contribution in [3.63, 3.8) is 0 Å². The van der Waals surface area contributed by atoms with E-state index in [1.165, 1.54) is 0 Å². The lowest BCUT2D eigenvalue weighted by Gasteiger charge is -2.04. The molecule has 3 nitrogen and oxygen atoms in total. The van der Waals surface area contributed by atoms with Gasteiger partial charge in [-0.05, 0) is 12.5 Å². The van der Waals surface area contributed by atoms with Gasteiger partial charge in [-0.1, -0.05) is 13.3 Å². The van der Waals surface area contributed by atoms with Crippen molar-refractivity contribution >= 4 is 0 Å². The molecule has 0 saturated carbocycles. The SMILES string of the molecule is CCCC=C(O)CC(O)CO. The zero-order valence-corrected chi connectivity index (χ0v) is 6.82. The van der Waals surface area contributed by atoms with Gasteiger partial charge in [0.1, 0.15) is 0 Å². The highest BCUT2D eigenvalue weighted by atomic mass is 16.3. The maximum Gasteiger partial charge on any atom is 0.0909 e. The number of allylic oxidation sites excluding steroid dienone is 1. The number of aliphatic hydroxyl groups is 3. The predicted octanol–water partition coefficient (Wildman–Crippen LogP) is 0.972. The van der Waals surface area contributed by atoms with E-state index in [2.05, 4.69) is 0 Å². The summed E-state index contributed by atoms with van der Waals surface area (Å²) in [6, 6.07) is 0. The summed E-state index contributed by atoms with van der Waals surface area (Å²) in [5.41, 5.74) is 0. The lowest BCUT2D eigenvalue weighted by molar-refractivity contribution is 0.0863. The monoisotopic (exact) mass is 160 g/mol. The Kier molecular flexibility index (Phi) is 5.88. The van der Waals surface area contributed by atoms with Crippen molar-refractivity contribution in [2.24, 2.45) is 0 Å². The first-order chi connectivity index (χ1) is 5.20. The Bertz CT molecular complexity index is 121. The molecule has 3 heteroatoms. The van der Waals surface area contributed by atoms with Crippen molar-refractivity contribution in [1.29, 1.82) is 0 Å². The maximum absolute atomic E-state index is 9.07. The minimum atomic E-state index is -0.830. The van der Waals surface area contributed by atoms with Gasteiger partial charge in [0.25, 0.3) is 0 Å². The van der Waals surface area contributed by atoms with Crippen LogP contribution >= 0.6 is 0 Å². The largest absolute Gasteiger partial charge is 0.513 e. The van der Waals surface area contributed by atoms with E-state index in [1.54, 1.807) is 6.08 Å². The minimum Gasteiger partial charge on any atom is -0.513 e. The van der Waals surface area contributed by atoms with Gasteiger partial charge >= 0.3 is 0 Å². The van der Waals surface area contributed by atoms with Gasteiger partial charge in [0, 0.05) is 6.42 Å². The molecule has 0 radical (unpaired) electrons. The van der Waals surface area contributed by atoms with Crippen molar-refractivity contribution in [3.05, 3.63) is 11.8 Å². The molecule has 0 aliphatic heterocycles. The second-order valence-corrected chi connectivity index (χ2v) is 2.52. The average molecular weight is 160 g/mol. The van der Waals surface area contributed by atoms with Crippen molar-refractivity contribution in [2.75, 3.05) is 6.61 Å². The fourth-order valence-electron chi connectivity index (χ4n) is 0.700. The number of aliphatic hydroxyl groups excluding tert-OH is 3. The van der Waals surface area contributed by atoms with Crippen molar-refractivity contribution < 1.29 is 15.3 Å². The molecule has 0 aromatic rings. The van der Waals surface area contributed by atoms with E-state index in [-0.39, 0.29) is 18.8 Å². The molecule has 11 heavy (non-hydrogen) atoms. The molecule has 66 valence electrons. The third-order valence-corrected chi connectivity index (χ3v) is 1.32. The van der Waals surface area contributed by atoms with E-state index < -0.39 is 6.10 Å². The molecule has 0 bridgehead atoms. The highest BCUT2D eigenvalue weighted by Crippen LogP contribution is 2.03. The normalized spacial score (nSPS) is 15.0. The molecule has 1 unspecified atom stereocenters. The topological polar surface area (TPSA) is 60.7 Å². The Morgan fingerprint density at radius 2 is 2.18 bits per heavy atom. The molecule has 0 rings (SSSR count). The van der Waals surface area contributed by atoms with E-state index in [0.29, 0.717) is 0 Å². The minimum absolute atomic E-state index is 0.149. The summed E-state index contributed by atoms with van der Waals surface area (Å²) in [6.07, 6.45) is 2.77. The molecule has 0 aromatic heterocycles. The third kappa shape index (κ3) is 5.88. The molecule has 0 spiro atoms. The zero-order valence-electron chi connectivity index (χ0n) is 6.82. The van der Waals surface area contributed by atoms with Crippen molar-refractivity contribution in [1.82, 2.24) is 0 Å². The molecular formula is C8H16O3. The predicted molar refractivity (Wildman–Crippen MR) is 43.3 cm³/mol. The molecule has 0 aliphatic carbocycles. The van der Waals surface area contributed by atoms with Gasteiger partial charge in [-0.15, -0.1) is 0 Å². The lowest BCUT2D eigenvalue weighted by atomic mass is 10.2. The van der Waals surface area contributed by atoms with Crippen molar-refractivity contribution in [2.45, 2.75) is 32.3 Å². The quantitative estimate of drug-likeness (QED) is 0.525. The van der Waals surface area contributed by atoms with Gasteiger partial charge in [0.05, 0.1) is 18.5 Å².